The first-order chi connectivity index (χ1) is 11.2. The van der Waals surface area contributed by atoms with Crippen LogP contribution in [0.1, 0.15) is 20.8 Å². The highest BCUT2D eigenvalue weighted by Gasteiger charge is 2.38. The van der Waals surface area contributed by atoms with E-state index in [-0.39, 0.29) is 24.0 Å². The molecule has 0 N–H and O–H groups in total. The van der Waals surface area contributed by atoms with E-state index in [1.165, 1.54) is 12.1 Å². The maximum atomic E-state index is 13.9. The second-order valence-corrected chi connectivity index (χ2v) is 14.7. The molecule has 0 radical (unpaired) electrons. The lowest BCUT2D eigenvalue weighted by molar-refractivity contribution is 0.0753. The predicted octanol–water partition coefficient (Wildman–Crippen LogP) is 4.33. The van der Waals surface area contributed by atoms with E-state index in [0.29, 0.717) is 4.47 Å². The van der Waals surface area contributed by atoms with E-state index in [0.717, 1.165) is 6.26 Å². The van der Waals surface area contributed by atoms with Gasteiger partial charge in [-0.25, -0.2) is 4.39 Å². The van der Waals surface area contributed by atoms with Crippen molar-refractivity contribution in [3.05, 3.63) is 28.5 Å². The molecule has 1 rings (SSSR count). The molecule has 0 saturated heterocycles. The Morgan fingerprint density at radius 1 is 1.24 bits per heavy atom. The Balaban J connectivity index is 2.91. The van der Waals surface area contributed by atoms with Gasteiger partial charge in [0.1, 0.15) is 12.7 Å². The Kier molecular flexibility index (Phi) is 7.64. The molecule has 5 nitrogen and oxygen atoms in total. The van der Waals surface area contributed by atoms with Gasteiger partial charge in [0.25, 0.3) is 10.1 Å². The van der Waals surface area contributed by atoms with Crippen molar-refractivity contribution in [1.29, 1.82) is 0 Å². The maximum Gasteiger partial charge on any atom is 0.264 e. The monoisotopic (exact) mass is 456 g/mol. The smallest absolute Gasteiger partial charge is 0.264 e. The fourth-order valence-electron chi connectivity index (χ4n) is 1.58. The normalized spacial score (nSPS) is 14.4. The summed E-state index contributed by atoms with van der Waals surface area (Å²) < 4.78 is 53.7. The van der Waals surface area contributed by atoms with Gasteiger partial charge < -0.3 is 9.16 Å². The summed E-state index contributed by atoms with van der Waals surface area (Å²) in [6.45, 7) is 10.3. The van der Waals surface area contributed by atoms with Crippen molar-refractivity contribution in [1.82, 2.24) is 0 Å². The first-order valence-electron chi connectivity index (χ1n) is 7.81. The number of ether oxygens (including phenoxy) is 1. The Morgan fingerprint density at radius 3 is 2.36 bits per heavy atom. The topological polar surface area (TPSA) is 61.8 Å². The number of halogens is 2. The van der Waals surface area contributed by atoms with Gasteiger partial charge in [0.15, 0.2) is 19.9 Å². The van der Waals surface area contributed by atoms with Crippen molar-refractivity contribution in [2.24, 2.45) is 0 Å². The van der Waals surface area contributed by atoms with Gasteiger partial charge in [-0.15, -0.1) is 0 Å². The molecule has 0 saturated carbocycles. The van der Waals surface area contributed by atoms with Crippen molar-refractivity contribution < 1.29 is 26.2 Å². The van der Waals surface area contributed by atoms with Crippen molar-refractivity contribution >= 4 is 34.4 Å². The Labute approximate surface area is 159 Å². The number of benzene rings is 1. The van der Waals surface area contributed by atoms with Crippen LogP contribution < -0.4 is 4.74 Å². The van der Waals surface area contributed by atoms with Gasteiger partial charge in [-0.3, -0.25) is 4.18 Å². The lowest BCUT2D eigenvalue weighted by Gasteiger charge is -2.37. The van der Waals surface area contributed by atoms with Gasteiger partial charge in [-0.05, 0) is 36.3 Å². The third-order valence-corrected chi connectivity index (χ3v) is 9.65. The minimum atomic E-state index is -3.64. The average molecular weight is 457 g/mol. The molecule has 1 aromatic rings. The molecule has 0 bridgehead atoms. The van der Waals surface area contributed by atoms with Gasteiger partial charge in [0.2, 0.25) is 0 Å². The Hall–Kier alpha value is -0.483. The van der Waals surface area contributed by atoms with Gasteiger partial charge in [-0.2, -0.15) is 8.42 Å². The number of hydrogen-bond donors (Lipinski definition) is 0. The standard InChI is InChI=1S/C16H26BrFO5SSi/c1-16(2,3)25(5,6)22-11-13(10-21-24(4,19)20)23-15-9-12(17)7-8-14(15)18/h7-9,13H,10-11H2,1-6H3. The minimum Gasteiger partial charge on any atom is -0.482 e. The second-order valence-electron chi connectivity index (χ2n) is 7.37. The van der Waals surface area contributed by atoms with Crippen LogP contribution in [0.15, 0.2) is 22.7 Å². The molecule has 1 aromatic carbocycles. The third kappa shape index (κ3) is 7.74. The maximum absolute atomic E-state index is 13.9. The second kappa shape index (κ2) is 8.47. The van der Waals surface area contributed by atoms with Gasteiger partial charge >= 0.3 is 0 Å². The zero-order valence-corrected chi connectivity index (χ0v) is 18.8. The highest BCUT2D eigenvalue weighted by molar-refractivity contribution is 9.10. The molecule has 0 heterocycles. The Bertz CT molecular complexity index is 688. The molecule has 1 unspecified atom stereocenters. The van der Waals surface area contributed by atoms with E-state index < -0.39 is 30.4 Å². The molecule has 0 aliphatic carbocycles. The zero-order chi connectivity index (χ0) is 19.5. The molecule has 0 aliphatic rings. The number of hydrogen-bond acceptors (Lipinski definition) is 5. The summed E-state index contributed by atoms with van der Waals surface area (Å²) in [5, 5.41) is -0.0176. The molecule has 25 heavy (non-hydrogen) atoms. The summed E-state index contributed by atoms with van der Waals surface area (Å²) in [5.41, 5.74) is 0. The van der Waals surface area contributed by atoms with Gasteiger partial charge in [-0.1, -0.05) is 36.7 Å². The summed E-state index contributed by atoms with van der Waals surface area (Å²) in [6, 6.07) is 4.30. The third-order valence-electron chi connectivity index (χ3n) is 4.09. The molecular weight excluding hydrogens is 431 g/mol. The number of rotatable bonds is 8. The van der Waals surface area contributed by atoms with Crippen LogP contribution in [0.3, 0.4) is 0 Å². The predicted molar refractivity (Wildman–Crippen MR) is 102 cm³/mol. The molecule has 9 heteroatoms. The van der Waals surface area contributed by atoms with Crippen molar-refractivity contribution in [3.8, 4) is 5.75 Å². The van der Waals surface area contributed by atoms with Crippen LogP contribution >= 0.6 is 15.9 Å². The van der Waals surface area contributed by atoms with Crippen molar-refractivity contribution in [2.75, 3.05) is 19.5 Å². The van der Waals surface area contributed by atoms with E-state index >= 15 is 0 Å². The summed E-state index contributed by atoms with van der Waals surface area (Å²) in [4.78, 5) is 0. The summed E-state index contributed by atoms with van der Waals surface area (Å²) in [6.07, 6.45) is 0.200. The van der Waals surface area contributed by atoms with Crippen LogP contribution in [0.4, 0.5) is 4.39 Å². The average Bonchev–Trinajstić information content (AvgIpc) is 2.43. The van der Waals surface area contributed by atoms with E-state index in [9.17, 15) is 12.8 Å². The lowest BCUT2D eigenvalue weighted by Crippen LogP contribution is -2.44. The highest BCUT2D eigenvalue weighted by atomic mass is 79.9. The SMILES string of the molecule is CC(C)(C)[Si](C)(C)OCC(COS(C)(=O)=O)Oc1cc(Br)ccc1F. The summed E-state index contributed by atoms with van der Waals surface area (Å²) in [7, 11) is -5.71. The fourth-order valence-corrected chi connectivity index (χ4v) is 3.36. The fraction of sp³-hybridized carbons (Fsp3) is 0.625. The van der Waals surface area contributed by atoms with E-state index in [4.69, 9.17) is 13.3 Å². The quantitative estimate of drug-likeness (QED) is 0.430. The first-order valence-corrected chi connectivity index (χ1v) is 13.3. The largest absolute Gasteiger partial charge is 0.482 e. The zero-order valence-electron chi connectivity index (χ0n) is 15.4. The van der Waals surface area contributed by atoms with E-state index in [1.807, 2.05) is 0 Å². The minimum absolute atomic E-state index is 0.00954. The van der Waals surface area contributed by atoms with Crippen LogP contribution in [-0.4, -0.2) is 42.3 Å². The van der Waals surface area contributed by atoms with E-state index in [1.54, 1.807) is 6.07 Å². The molecule has 0 spiro atoms. The summed E-state index contributed by atoms with van der Waals surface area (Å²) >= 11 is 3.26. The van der Waals surface area contributed by atoms with Crippen molar-refractivity contribution in [2.45, 2.75) is 45.0 Å². The van der Waals surface area contributed by atoms with E-state index in [2.05, 4.69) is 49.8 Å². The van der Waals surface area contributed by atoms with Crippen LogP contribution in [-0.2, 0) is 18.7 Å². The molecule has 1 atom stereocenters. The van der Waals surface area contributed by atoms with Crippen LogP contribution in [0.25, 0.3) is 0 Å². The molecule has 0 fully saturated rings. The molecular formula is C16H26BrFO5SSi. The lowest BCUT2D eigenvalue weighted by atomic mass is 10.2. The first kappa shape index (κ1) is 22.6. The van der Waals surface area contributed by atoms with Crippen molar-refractivity contribution in [3.63, 3.8) is 0 Å². The molecule has 0 aliphatic heterocycles. The van der Waals surface area contributed by atoms with Crippen LogP contribution in [0.2, 0.25) is 18.1 Å². The molecule has 0 amide bonds. The Morgan fingerprint density at radius 2 is 1.84 bits per heavy atom. The van der Waals surface area contributed by atoms with Gasteiger partial charge in [0.05, 0.1) is 12.9 Å². The van der Waals surface area contributed by atoms with Crippen LogP contribution in [0, 0.1) is 5.82 Å². The highest BCUT2D eigenvalue weighted by Crippen LogP contribution is 2.36. The summed E-state index contributed by atoms with van der Waals surface area (Å²) in [5.74, 6) is -0.532. The molecule has 0 aromatic heterocycles. The van der Waals surface area contributed by atoms with Crippen LogP contribution in [0.5, 0.6) is 5.75 Å². The van der Waals surface area contributed by atoms with Gasteiger partial charge in [0, 0.05) is 4.47 Å². The molecule has 144 valence electrons.